The van der Waals surface area contributed by atoms with Gasteiger partial charge in [0, 0.05) is 25.7 Å². The number of ether oxygens (including phenoxy) is 1. The second-order valence-electron chi connectivity index (χ2n) is 5.47. The lowest BCUT2D eigenvalue weighted by Crippen LogP contribution is -2.59. The molecule has 1 aliphatic heterocycles. The fourth-order valence-corrected chi connectivity index (χ4v) is 2.86. The Balaban J connectivity index is 1.66. The minimum Gasteiger partial charge on any atom is -0.371 e. The average Bonchev–Trinajstić information content (AvgIpc) is 2.75. The molecule has 2 aliphatic rings. The maximum Gasteiger partial charge on any atom is 0.0902 e. The monoisotopic (exact) mass is 226 g/mol. The Labute approximate surface area is 99.5 Å². The number of nitrogens with zero attached hydrogens (tertiary/aromatic N) is 1. The van der Waals surface area contributed by atoms with Crippen molar-refractivity contribution in [3.8, 4) is 0 Å². The molecule has 3 heteroatoms. The fraction of sp³-hybridized carbons (Fsp3) is 1.00. The summed E-state index contributed by atoms with van der Waals surface area (Å²) >= 11 is 0. The van der Waals surface area contributed by atoms with Crippen LogP contribution in [-0.2, 0) is 4.74 Å². The highest BCUT2D eigenvalue weighted by Crippen LogP contribution is 2.23. The zero-order valence-electron chi connectivity index (χ0n) is 10.8. The lowest BCUT2D eigenvalue weighted by Gasteiger charge is -2.40. The van der Waals surface area contributed by atoms with Crippen molar-refractivity contribution in [2.45, 2.75) is 51.2 Å². The summed E-state index contributed by atoms with van der Waals surface area (Å²) in [5.74, 6) is 0. The van der Waals surface area contributed by atoms with E-state index < -0.39 is 0 Å². The highest BCUT2D eigenvalue weighted by atomic mass is 16.5. The van der Waals surface area contributed by atoms with Crippen LogP contribution in [0.25, 0.3) is 0 Å². The molecule has 16 heavy (non-hydrogen) atoms. The maximum atomic E-state index is 5.95. The van der Waals surface area contributed by atoms with Gasteiger partial charge in [0.1, 0.15) is 0 Å². The molecule has 1 aliphatic carbocycles. The van der Waals surface area contributed by atoms with E-state index in [4.69, 9.17) is 4.74 Å². The normalized spacial score (nSPS) is 24.9. The van der Waals surface area contributed by atoms with E-state index in [2.05, 4.69) is 24.1 Å². The minimum absolute atomic E-state index is 0.120. The fourth-order valence-electron chi connectivity index (χ4n) is 2.86. The van der Waals surface area contributed by atoms with Crippen LogP contribution >= 0.6 is 0 Å². The minimum atomic E-state index is 0.120. The lowest BCUT2D eigenvalue weighted by atomic mass is 10.0. The molecular formula is C13H26N2O. The van der Waals surface area contributed by atoms with Gasteiger partial charge in [-0.1, -0.05) is 19.8 Å². The van der Waals surface area contributed by atoms with Crippen LogP contribution in [0.3, 0.4) is 0 Å². The summed E-state index contributed by atoms with van der Waals surface area (Å²) in [4.78, 5) is 2.60. The number of hydrogen-bond donors (Lipinski definition) is 1. The molecule has 2 rings (SSSR count). The van der Waals surface area contributed by atoms with Crippen LogP contribution < -0.4 is 5.32 Å². The zero-order valence-corrected chi connectivity index (χ0v) is 10.8. The average molecular weight is 226 g/mol. The predicted octanol–water partition coefficient (Wildman–Crippen LogP) is 1.63. The van der Waals surface area contributed by atoms with Gasteiger partial charge in [0.25, 0.3) is 0 Å². The Bertz CT molecular complexity index is 210. The van der Waals surface area contributed by atoms with Crippen LogP contribution in [-0.4, -0.2) is 49.3 Å². The number of hydrogen-bond acceptors (Lipinski definition) is 3. The van der Waals surface area contributed by atoms with E-state index in [9.17, 15) is 0 Å². The molecule has 0 aromatic carbocycles. The van der Waals surface area contributed by atoms with Crippen LogP contribution in [0.2, 0.25) is 0 Å². The first kappa shape index (κ1) is 12.3. The summed E-state index contributed by atoms with van der Waals surface area (Å²) in [6, 6.07) is 0.834. The highest BCUT2D eigenvalue weighted by Gasteiger charge is 2.32. The topological polar surface area (TPSA) is 24.5 Å². The standard InChI is InChI=1S/C13H26N2O/c1-3-15(12-6-4-5-7-12)8-9-16-13(2)10-14-11-13/h12,14H,3-11H2,1-2H3. The third kappa shape index (κ3) is 2.96. The quantitative estimate of drug-likeness (QED) is 0.745. The molecule has 0 radical (unpaired) electrons. The molecular weight excluding hydrogens is 200 g/mol. The van der Waals surface area contributed by atoms with Crippen LogP contribution in [0.4, 0.5) is 0 Å². The molecule has 3 nitrogen and oxygen atoms in total. The van der Waals surface area contributed by atoms with Crippen LogP contribution in [0, 0.1) is 0 Å². The SMILES string of the molecule is CCN(CCOC1(C)CNC1)C1CCCC1. The van der Waals surface area contributed by atoms with Gasteiger partial charge < -0.3 is 10.1 Å². The molecule has 0 spiro atoms. The van der Waals surface area contributed by atoms with Crippen LogP contribution in [0.15, 0.2) is 0 Å². The van der Waals surface area contributed by atoms with Gasteiger partial charge in [0.15, 0.2) is 0 Å². The molecule has 1 saturated carbocycles. The molecule has 0 unspecified atom stereocenters. The first-order valence-corrected chi connectivity index (χ1v) is 6.82. The van der Waals surface area contributed by atoms with Gasteiger partial charge >= 0.3 is 0 Å². The smallest absolute Gasteiger partial charge is 0.0902 e. The van der Waals surface area contributed by atoms with E-state index in [0.717, 1.165) is 32.3 Å². The Morgan fingerprint density at radius 2 is 2.00 bits per heavy atom. The van der Waals surface area contributed by atoms with Gasteiger partial charge in [-0.05, 0) is 26.3 Å². The van der Waals surface area contributed by atoms with Gasteiger partial charge in [-0.15, -0.1) is 0 Å². The van der Waals surface area contributed by atoms with Gasteiger partial charge in [-0.25, -0.2) is 0 Å². The third-order valence-electron chi connectivity index (χ3n) is 4.07. The van der Waals surface area contributed by atoms with Crippen molar-refractivity contribution in [3.63, 3.8) is 0 Å². The first-order valence-electron chi connectivity index (χ1n) is 6.82. The molecule has 1 heterocycles. The van der Waals surface area contributed by atoms with Gasteiger partial charge in [-0.2, -0.15) is 0 Å². The molecule has 0 aromatic heterocycles. The van der Waals surface area contributed by atoms with Gasteiger partial charge in [-0.3, -0.25) is 4.90 Å². The molecule has 1 saturated heterocycles. The van der Waals surface area contributed by atoms with Crippen molar-refractivity contribution in [2.75, 3.05) is 32.8 Å². The van der Waals surface area contributed by atoms with Crippen molar-refractivity contribution in [3.05, 3.63) is 0 Å². The molecule has 94 valence electrons. The third-order valence-corrected chi connectivity index (χ3v) is 4.07. The van der Waals surface area contributed by atoms with Gasteiger partial charge in [0.2, 0.25) is 0 Å². The summed E-state index contributed by atoms with van der Waals surface area (Å²) in [6.07, 6.45) is 5.63. The van der Waals surface area contributed by atoms with E-state index in [1.165, 1.54) is 32.2 Å². The summed E-state index contributed by atoms with van der Waals surface area (Å²) in [7, 11) is 0. The number of likely N-dealkylation sites (N-methyl/N-ethyl adjacent to an activating group) is 1. The van der Waals surface area contributed by atoms with E-state index in [1.54, 1.807) is 0 Å². The first-order chi connectivity index (χ1) is 7.73. The molecule has 1 N–H and O–H groups in total. The van der Waals surface area contributed by atoms with Crippen LogP contribution in [0.1, 0.15) is 39.5 Å². The second-order valence-corrected chi connectivity index (χ2v) is 5.47. The Hall–Kier alpha value is -0.120. The predicted molar refractivity (Wildman–Crippen MR) is 66.7 cm³/mol. The van der Waals surface area contributed by atoms with E-state index in [0.29, 0.717) is 0 Å². The highest BCUT2D eigenvalue weighted by molar-refractivity contribution is 4.90. The van der Waals surface area contributed by atoms with E-state index in [-0.39, 0.29) is 5.60 Å². The summed E-state index contributed by atoms with van der Waals surface area (Å²) in [5, 5.41) is 3.27. The summed E-state index contributed by atoms with van der Waals surface area (Å²) in [5.41, 5.74) is 0.120. The Morgan fingerprint density at radius 3 is 2.50 bits per heavy atom. The number of rotatable bonds is 6. The van der Waals surface area contributed by atoms with Crippen molar-refractivity contribution in [1.29, 1.82) is 0 Å². The summed E-state index contributed by atoms with van der Waals surface area (Å²) in [6.45, 7) is 9.67. The largest absolute Gasteiger partial charge is 0.371 e. The molecule has 0 bridgehead atoms. The van der Waals surface area contributed by atoms with E-state index >= 15 is 0 Å². The molecule has 0 aromatic rings. The van der Waals surface area contributed by atoms with Crippen molar-refractivity contribution < 1.29 is 4.74 Å². The molecule has 0 atom stereocenters. The Morgan fingerprint density at radius 1 is 1.31 bits per heavy atom. The Kier molecular flexibility index (Phi) is 4.22. The van der Waals surface area contributed by atoms with Gasteiger partial charge in [0.05, 0.1) is 12.2 Å². The molecule has 0 amide bonds. The maximum absolute atomic E-state index is 5.95. The van der Waals surface area contributed by atoms with Crippen molar-refractivity contribution in [1.82, 2.24) is 10.2 Å². The van der Waals surface area contributed by atoms with Crippen LogP contribution in [0.5, 0.6) is 0 Å². The zero-order chi connectivity index (χ0) is 11.4. The summed E-state index contributed by atoms with van der Waals surface area (Å²) < 4.78 is 5.95. The second kappa shape index (κ2) is 5.48. The van der Waals surface area contributed by atoms with E-state index in [1.807, 2.05) is 0 Å². The van der Waals surface area contributed by atoms with Crippen molar-refractivity contribution in [2.24, 2.45) is 0 Å². The van der Waals surface area contributed by atoms with Crippen molar-refractivity contribution >= 4 is 0 Å². The molecule has 2 fully saturated rings. The lowest BCUT2D eigenvalue weighted by molar-refractivity contribution is -0.0740. The number of nitrogens with one attached hydrogen (secondary N) is 1.